The van der Waals surface area contributed by atoms with E-state index in [1.807, 2.05) is 0 Å². The summed E-state index contributed by atoms with van der Waals surface area (Å²) in [6, 6.07) is 0. The number of ether oxygens (including phenoxy) is 3. The van der Waals surface area contributed by atoms with Crippen molar-refractivity contribution in [3.8, 4) is 0 Å². The summed E-state index contributed by atoms with van der Waals surface area (Å²) in [5.74, 6) is -1.05. The van der Waals surface area contributed by atoms with Gasteiger partial charge in [-0.1, -0.05) is 193 Å². The lowest BCUT2D eigenvalue weighted by Crippen LogP contribution is -2.30. The Morgan fingerprint density at radius 1 is 0.313 bits per heavy atom. The summed E-state index contributed by atoms with van der Waals surface area (Å²) in [5.41, 5.74) is 0. The van der Waals surface area contributed by atoms with Crippen molar-refractivity contribution < 1.29 is 28.6 Å². The zero-order valence-corrected chi connectivity index (χ0v) is 42.9. The van der Waals surface area contributed by atoms with E-state index in [1.54, 1.807) is 0 Å². The molecule has 0 saturated carbocycles. The van der Waals surface area contributed by atoms with Gasteiger partial charge in [-0.15, -0.1) is 0 Å². The summed E-state index contributed by atoms with van der Waals surface area (Å²) in [6.45, 7) is 6.34. The quantitative estimate of drug-likeness (QED) is 0.0262. The Bertz CT molecular complexity index is 1480. The molecule has 0 amide bonds. The van der Waals surface area contributed by atoms with Crippen LogP contribution in [0.3, 0.4) is 0 Å². The number of unbranched alkanes of at least 4 members (excludes halogenated alkanes) is 13. The minimum Gasteiger partial charge on any atom is -0.462 e. The molecule has 6 heteroatoms. The summed E-state index contributed by atoms with van der Waals surface area (Å²) in [4.78, 5) is 38.0. The highest BCUT2D eigenvalue weighted by molar-refractivity contribution is 5.71. The van der Waals surface area contributed by atoms with Crippen LogP contribution in [0.15, 0.2) is 134 Å². The molecule has 0 aromatic heterocycles. The largest absolute Gasteiger partial charge is 0.462 e. The molecule has 0 aliphatic rings. The predicted octanol–water partition coefficient (Wildman–Crippen LogP) is 17.9. The van der Waals surface area contributed by atoms with Gasteiger partial charge in [-0.2, -0.15) is 0 Å². The highest BCUT2D eigenvalue weighted by atomic mass is 16.6. The van der Waals surface area contributed by atoms with Crippen LogP contribution in [0.25, 0.3) is 0 Å². The van der Waals surface area contributed by atoms with Crippen molar-refractivity contribution in [1.82, 2.24) is 0 Å². The van der Waals surface area contributed by atoms with Gasteiger partial charge in [0.2, 0.25) is 0 Å². The van der Waals surface area contributed by atoms with Crippen molar-refractivity contribution in [2.24, 2.45) is 0 Å². The lowest BCUT2D eigenvalue weighted by atomic mass is 10.1. The molecule has 0 fully saturated rings. The first-order valence-electron chi connectivity index (χ1n) is 26.7. The molecule has 0 rings (SSSR count). The van der Waals surface area contributed by atoms with Gasteiger partial charge in [0.15, 0.2) is 6.10 Å². The van der Waals surface area contributed by atoms with Gasteiger partial charge in [0.25, 0.3) is 0 Å². The Balaban J connectivity index is 4.61. The van der Waals surface area contributed by atoms with Crippen LogP contribution in [0.4, 0.5) is 0 Å². The highest BCUT2D eigenvalue weighted by Gasteiger charge is 2.19. The first-order valence-corrected chi connectivity index (χ1v) is 26.7. The summed E-state index contributed by atoms with van der Waals surface area (Å²) < 4.78 is 16.7. The Labute approximate surface area is 411 Å². The van der Waals surface area contributed by atoms with E-state index in [0.717, 1.165) is 109 Å². The average molecular weight is 925 g/mol. The first kappa shape index (κ1) is 62.5. The SMILES string of the molecule is CC/C=C\C/C=C\C/C=C\C/C=C\CCCCCCC(=O)O[C@H](COC(=O)CCC/C=C\C/C=C\C/C=C\C/C=C\CCCCC)COC(=O)CCCC/C=C\C/C=C\C/C=C\CCCCC. The van der Waals surface area contributed by atoms with Crippen LogP contribution >= 0.6 is 0 Å². The monoisotopic (exact) mass is 925 g/mol. The molecule has 0 aromatic rings. The van der Waals surface area contributed by atoms with E-state index >= 15 is 0 Å². The summed E-state index contributed by atoms with van der Waals surface area (Å²) in [6.07, 6.45) is 75.8. The highest BCUT2D eigenvalue weighted by Crippen LogP contribution is 2.11. The van der Waals surface area contributed by atoms with Crippen molar-refractivity contribution in [2.75, 3.05) is 13.2 Å². The van der Waals surface area contributed by atoms with Crippen LogP contribution in [-0.2, 0) is 28.6 Å². The van der Waals surface area contributed by atoms with Crippen LogP contribution in [-0.4, -0.2) is 37.2 Å². The van der Waals surface area contributed by atoms with E-state index in [0.29, 0.717) is 12.8 Å². The first-order chi connectivity index (χ1) is 33.0. The van der Waals surface area contributed by atoms with E-state index in [1.165, 1.54) is 51.4 Å². The third kappa shape index (κ3) is 52.4. The third-order valence-corrected chi connectivity index (χ3v) is 10.6. The Morgan fingerprint density at radius 2 is 0.597 bits per heavy atom. The minimum atomic E-state index is -0.834. The molecule has 0 heterocycles. The van der Waals surface area contributed by atoms with E-state index in [-0.39, 0.29) is 50.4 Å². The number of hydrogen-bond donors (Lipinski definition) is 0. The molecule has 0 aromatic carbocycles. The Morgan fingerprint density at radius 3 is 0.985 bits per heavy atom. The maximum Gasteiger partial charge on any atom is 0.306 e. The van der Waals surface area contributed by atoms with E-state index in [2.05, 4.69) is 154 Å². The van der Waals surface area contributed by atoms with E-state index in [9.17, 15) is 14.4 Å². The van der Waals surface area contributed by atoms with Crippen LogP contribution in [0.1, 0.15) is 213 Å². The maximum atomic E-state index is 12.8. The molecular weight excluding hydrogens is 829 g/mol. The lowest BCUT2D eigenvalue weighted by Gasteiger charge is -2.18. The number of hydrogen-bond acceptors (Lipinski definition) is 6. The molecule has 6 nitrogen and oxygen atoms in total. The molecule has 0 saturated heterocycles. The second kappa shape index (κ2) is 54.2. The van der Waals surface area contributed by atoms with Crippen molar-refractivity contribution in [1.29, 1.82) is 0 Å². The molecule has 1 atom stereocenters. The number of rotatable bonds is 46. The molecule has 0 unspecified atom stereocenters. The number of esters is 3. The van der Waals surface area contributed by atoms with E-state index < -0.39 is 6.10 Å². The van der Waals surface area contributed by atoms with Crippen LogP contribution in [0, 0.1) is 0 Å². The molecule has 0 N–H and O–H groups in total. The van der Waals surface area contributed by atoms with Crippen molar-refractivity contribution in [2.45, 2.75) is 219 Å². The topological polar surface area (TPSA) is 78.9 Å². The molecule has 0 bridgehead atoms. The molecular formula is C61H96O6. The molecule has 0 aliphatic carbocycles. The minimum absolute atomic E-state index is 0.130. The number of carbonyl (C=O) groups is 3. The van der Waals surface area contributed by atoms with E-state index in [4.69, 9.17) is 14.2 Å². The van der Waals surface area contributed by atoms with Crippen LogP contribution in [0.2, 0.25) is 0 Å². The summed E-state index contributed by atoms with van der Waals surface area (Å²) in [7, 11) is 0. The number of allylic oxidation sites excluding steroid dienone is 22. The molecule has 376 valence electrons. The number of carbonyl (C=O) groups excluding carboxylic acids is 3. The van der Waals surface area contributed by atoms with Crippen molar-refractivity contribution in [3.63, 3.8) is 0 Å². The molecule has 0 spiro atoms. The second-order valence-electron chi connectivity index (χ2n) is 17.0. The average Bonchev–Trinajstić information content (AvgIpc) is 3.33. The van der Waals surface area contributed by atoms with Gasteiger partial charge in [-0.3, -0.25) is 14.4 Å². The third-order valence-electron chi connectivity index (χ3n) is 10.6. The predicted molar refractivity (Wildman–Crippen MR) is 288 cm³/mol. The van der Waals surface area contributed by atoms with Gasteiger partial charge in [0.1, 0.15) is 13.2 Å². The summed E-state index contributed by atoms with van der Waals surface area (Å²) in [5, 5.41) is 0. The van der Waals surface area contributed by atoms with Gasteiger partial charge in [-0.25, -0.2) is 0 Å². The fourth-order valence-electron chi connectivity index (χ4n) is 6.61. The molecule has 67 heavy (non-hydrogen) atoms. The van der Waals surface area contributed by atoms with Gasteiger partial charge in [0, 0.05) is 19.3 Å². The van der Waals surface area contributed by atoms with Gasteiger partial charge in [-0.05, 0) is 135 Å². The fraction of sp³-hybridized carbons (Fsp3) is 0.590. The standard InChI is InChI=1S/C61H96O6/c1-4-7-10-13-16-19-22-25-28-30-33-36-39-42-45-48-51-54-60(63)66-57-58(56-65-59(62)53-50-47-44-41-38-35-32-27-24-21-18-15-12-9-6-3)67-61(64)55-52-49-46-43-40-37-34-31-29-26-23-20-17-14-11-8-5-2/h8,11,16-21,25-29,32-34,36-38,41-42,45,58H,4-7,9-10,12-15,22-24,30-31,35,39-40,43-44,46-57H2,1-3H3/b11-8-,19-16-,20-17-,21-18-,28-25-,29-26-,32-27-,36-33-,37-34-,41-38-,45-42-/t58-/m0/s1. The van der Waals surface area contributed by atoms with Crippen molar-refractivity contribution in [3.05, 3.63) is 134 Å². The summed E-state index contributed by atoms with van der Waals surface area (Å²) >= 11 is 0. The van der Waals surface area contributed by atoms with Crippen molar-refractivity contribution >= 4 is 17.9 Å². The molecule has 0 aliphatic heterocycles. The van der Waals surface area contributed by atoms with Gasteiger partial charge < -0.3 is 14.2 Å². The lowest BCUT2D eigenvalue weighted by molar-refractivity contribution is -0.167. The van der Waals surface area contributed by atoms with Gasteiger partial charge >= 0.3 is 17.9 Å². The Kier molecular flexibility index (Phi) is 50.6. The molecule has 0 radical (unpaired) electrons. The second-order valence-corrected chi connectivity index (χ2v) is 17.0. The van der Waals surface area contributed by atoms with Crippen LogP contribution < -0.4 is 0 Å². The van der Waals surface area contributed by atoms with Gasteiger partial charge in [0.05, 0.1) is 0 Å². The van der Waals surface area contributed by atoms with Crippen LogP contribution in [0.5, 0.6) is 0 Å². The maximum absolute atomic E-state index is 12.8. The normalized spacial score (nSPS) is 13.2. The smallest absolute Gasteiger partial charge is 0.306 e. The zero-order valence-electron chi connectivity index (χ0n) is 42.9. The fourth-order valence-corrected chi connectivity index (χ4v) is 6.61. The zero-order chi connectivity index (χ0) is 48.6. The Hall–Kier alpha value is -4.45.